The van der Waals surface area contributed by atoms with E-state index in [0.29, 0.717) is 9.34 Å². The molecule has 0 aliphatic carbocycles. The lowest BCUT2D eigenvalue weighted by Gasteiger charge is -2.03. The van der Waals surface area contributed by atoms with E-state index in [4.69, 9.17) is 23.2 Å². The van der Waals surface area contributed by atoms with Gasteiger partial charge in [-0.25, -0.2) is 9.98 Å². The topological polar surface area (TPSA) is 84.9 Å². The molecule has 5 nitrogen and oxygen atoms in total. The Bertz CT molecular complexity index is 828. The second-order valence-corrected chi connectivity index (χ2v) is 6.17. The Balaban J connectivity index is 2.16. The lowest BCUT2D eigenvalue weighted by atomic mass is 10.2. The van der Waals surface area contributed by atoms with Gasteiger partial charge < -0.3 is 5.32 Å². The van der Waals surface area contributed by atoms with E-state index in [1.165, 1.54) is 17.6 Å². The SMILES string of the molecule is N#C/C(N=Cc1ccccc1)=C(/C#N)NCc1sc(Cl)nc1Cl. The van der Waals surface area contributed by atoms with Crippen molar-refractivity contribution in [1.29, 1.82) is 10.5 Å². The van der Waals surface area contributed by atoms with Crippen LogP contribution in [0.15, 0.2) is 46.7 Å². The lowest BCUT2D eigenvalue weighted by Crippen LogP contribution is -2.12. The van der Waals surface area contributed by atoms with Crippen molar-refractivity contribution in [2.75, 3.05) is 0 Å². The summed E-state index contributed by atoms with van der Waals surface area (Å²) in [6.45, 7) is 0.234. The lowest BCUT2D eigenvalue weighted by molar-refractivity contribution is 0.839. The van der Waals surface area contributed by atoms with Gasteiger partial charge in [-0.05, 0) is 5.56 Å². The minimum atomic E-state index is -0.0110. The monoisotopic (exact) mass is 361 g/mol. The first kappa shape index (κ1) is 17.0. The van der Waals surface area contributed by atoms with Crippen molar-refractivity contribution in [3.05, 3.63) is 61.8 Å². The van der Waals surface area contributed by atoms with E-state index in [0.717, 1.165) is 5.56 Å². The van der Waals surface area contributed by atoms with Crippen LogP contribution < -0.4 is 5.32 Å². The van der Waals surface area contributed by atoms with Gasteiger partial charge in [0.05, 0.1) is 11.4 Å². The predicted octanol–water partition coefficient (Wildman–Crippen LogP) is 3.92. The molecule has 0 aliphatic rings. The number of thiazole rings is 1. The van der Waals surface area contributed by atoms with Crippen molar-refractivity contribution in [3.63, 3.8) is 0 Å². The maximum Gasteiger partial charge on any atom is 0.185 e. The summed E-state index contributed by atoms with van der Waals surface area (Å²) in [6, 6.07) is 13.1. The molecule has 0 atom stereocenters. The van der Waals surface area contributed by atoms with Gasteiger partial charge in [-0.3, -0.25) is 0 Å². The third-order valence-electron chi connectivity index (χ3n) is 2.65. The number of aromatic nitrogens is 1. The van der Waals surface area contributed by atoms with Crippen LogP contribution in [0.2, 0.25) is 9.62 Å². The molecule has 2 rings (SSSR count). The highest BCUT2D eigenvalue weighted by Gasteiger charge is 2.10. The molecule has 0 saturated heterocycles. The van der Waals surface area contributed by atoms with Gasteiger partial charge in [-0.1, -0.05) is 53.5 Å². The standard InChI is InChI=1S/C15H9Cl2N5S/c16-14-13(23-15(17)22-14)9-21-12(7-19)11(6-18)20-8-10-4-2-1-3-5-10/h1-5,8,21H,9H2/b12-11+,20-8?. The van der Waals surface area contributed by atoms with E-state index in [1.807, 2.05) is 42.5 Å². The number of aliphatic imine (C=N–C) groups is 1. The molecular weight excluding hydrogens is 353 g/mol. The van der Waals surface area contributed by atoms with Crippen molar-refractivity contribution in [2.45, 2.75) is 6.54 Å². The molecule has 0 saturated carbocycles. The second kappa shape index (κ2) is 8.30. The fourth-order valence-corrected chi connectivity index (χ4v) is 2.93. The van der Waals surface area contributed by atoms with E-state index in [-0.39, 0.29) is 23.1 Å². The predicted molar refractivity (Wildman–Crippen MR) is 91.3 cm³/mol. The van der Waals surface area contributed by atoms with Crippen LogP contribution in [0.5, 0.6) is 0 Å². The molecule has 1 aromatic carbocycles. The van der Waals surface area contributed by atoms with Crippen molar-refractivity contribution >= 4 is 40.8 Å². The summed E-state index contributed by atoms with van der Waals surface area (Å²) in [4.78, 5) is 8.61. The quantitative estimate of drug-likeness (QED) is 0.645. The van der Waals surface area contributed by atoms with E-state index < -0.39 is 0 Å². The Morgan fingerprint density at radius 2 is 2.00 bits per heavy atom. The molecule has 2 aromatic rings. The second-order valence-electron chi connectivity index (χ2n) is 4.15. The molecular formula is C15H9Cl2N5S. The Kier molecular flexibility index (Phi) is 6.13. The fraction of sp³-hybridized carbons (Fsp3) is 0.0667. The van der Waals surface area contributed by atoms with Gasteiger partial charge in [0.2, 0.25) is 0 Å². The Morgan fingerprint density at radius 1 is 1.26 bits per heavy atom. The van der Waals surface area contributed by atoms with Crippen LogP contribution in [-0.4, -0.2) is 11.2 Å². The number of nitrogens with one attached hydrogen (secondary N) is 1. The largest absolute Gasteiger partial charge is 0.369 e. The highest BCUT2D eigenvalue weighted by molar-refractivity contribution is 7.16. The number of nitrogens with zero attached hydrogens (tertiary/aromatic N) is 4. The molecule has 0 aliphatic heterocycles. The molecule has 23 heavy (non-hydrogen) atoms. The number of nitriles is 2. The number of rotatable bonds is 5. The molecule has 0 fully saturated rings. The minimum Gasteiger partial charge on any atom is -0.369 e. The van der Waals surface area contributed by atoms with Crippen molar-refractivity contribution in [2.24, 2.45) is 4.99 Å². The van der Waals surface area contributed by atoms with Crippen LogP contribution in [0.25, 0.3) is 0 Å². The first-order valence-corrected chi connectivity index (χ1v) is 7.89. The summed E-state index contributed by atoms with van der Waals surface area (Å²) in [5.74, 6) is 0. The van der Waals surface area contributed by atoms with Crippen molar-refractivity contribution in [3.8, 4) is 12.1 Å². The smallest absolute Gasteiger partial charge is 0.185 e. The van der Waals surface area contributed by atoms with E-state index in [2.05, 4.69) is 15.3 Å². The fourth-order valence-electron chi connectivity index (χ4n) is 1.59. The molecule has 0 unspecified atom stereocenters. The molecule has 0 radical (unpaired) electrons. The van der Waals surface area contributed by atoms with Crippen LogP contribution in [0, 0.1) is 22.7 Å². The maximum atomic E-state index is 9.21. The van der Waals surface area contributed by atoms with E-state index in [1.54, 1.807) is 0 Å². The molecule has 1 heterocycles. The van der Waals surface area contributed by atoms with Crippen LogP contribution >= 0.6 is 34.5 Å². The molecule has 0 spiro atoms. The average Bonchev–Trinajstić information content (AvgIpc) is 2.89. The molecule has 1 N–H and O–H groups in total. The third kappa shape index (κ3) is 4.80. The number of allylic oxidation sites excluding steroid dienone is 2. The van der Waals surface area contributed by atoms with Crippen LogP contribution in [0.4, 0.5) is 0 Å². The highest BCUT2D eigenvalue weighted by Crippen LogP contribution is 2.26. The summed E-state index contributed by atoms with van der Waals surface area (Å²) in [5, 5.41) is 21.5. The molecule has 1 aromatic heterocycles. The molecule has 0 amide bonds. The van der Waals surface area contributed by atoms with Crippen molar-refractivity contribution < 1.29 is 0 Å². The van der Waals surface area contributed by atoms with Gasteiger partial charge in [-0.15, -0.1) is 11.3 Å². The van der Waals surface area contributed by atoms with Gasteiger partial charge in [0.15, 0.2) is 15.9 Å². The number of benzene rings is 1. The number of hydrogen-bond donors (Lipinski definition) is 1. The van der Waals surface area contributed by atoms with Crippen molar-refractivity contribution in [1.82, 2.24) is 10.3 Å². The average molecular weight is 362 g/mol. The first-order chi connectivity index (χ1) is 11.1. The highest BCUT2D eigenvalue weighted by atomic mass is 35.5. The minimum absolute atomic E-state index is 0.0110. The normalized spacial score (nSPS) is 11.7. The number of hydrogen-bond acceptors (Lipinski definition) is 6. The summed E-state index contributed by atoms with van der Waals surface area (Å²) in [5.41, 5.74) is 0.873. The Hall–Kier alpha value is -2.38. The summed E-state index contributed by atoms with van der Waals surface area (Å²) < 4.78 is 0.317. The van der Waals surface area contributed by atoms with Gasteiger partial charge in [0, 0.05) is 6.21 Å². The summed E-state index contributed by atoms with van der Waals surface area (Å²) >= 11 is 12.9. The van der Waals surface area contributed by atoms with Gasteiger partial charge >= 0.3 is 0 Å². The molecule has 0 bridgehead atoms. The number of halogens is 2. The zero-order chi connectivity index (χ0) is 16.7. The van der Waals surface area contributed by atoms with Gasteiger partial charge in [0.25, 0.3) is 0 Å². The molecule has 114 valence electrons. The third-order valence-corrected chi connectivity index (χ3v) is 4.23. The Morgan fingerprint density at radius 3 is 2.57 bits per heavy atom. The van der Waals surface area contributed by atoms with Crippen LogP contribution in [-0.2, 0) is 6.54 Å². The summed E-state index contributed by atoms with van der Waals surface area (Å²) in [6.07, 6.45) is 1.52. The zero-order valence-corrected chi connectivity index (χ0v) is 14.0. The summed E-state index contributed by atoms with van der Waals surface area (Å²) in [7, 11) is 0. The first-order valence-electron chi connectivity index (χ1n) is 6.32. The Labute approximate surface area is 147 Å². The molecule has 8 heteroatoms. The maximum absolute atomic E-state index is 9.21. The zero-order valence-electron chi connectivity index (χ0n) is 11.6. The van der Waals surface area contributed by atoms with Gasteiger partial charge in [0.1, 0.15) is 17.3 Å². The van der Waals surface area contributed by atoms with Crippen LogP contribution in [0.3, 0.4) is 0 Å². The van der Waals surface area contributed by atoms with E-state index >= 15 is 0 Å². The van der Waals surface area contributed by atoms with Gasteiger partial charge in [-0.2, -0.15) is 10.5 Å². The van der Waals surface area contributed by atoms with E-state index in [9.17, 15) is 10.5 Å². The van der Waals surface area contributed by atoms with Crippen LogP contribution in [0.1, 0.15) is 10.4 Å².